The molecule has 3 N–H and O–H groups in total. The highest BCUT2D eigenvalue weighted by Crippen LogP contribution is 2.32. The molecule has 72 valence electrons. The third kappa shape index (κ3) is 1.97. The molecule has 0 aromatic rings. The van der Waals surface area contributed by atoms with Crippen LogP contribution in [0.5, 0.6) is 0 Å². The summed E-state index contributed by atoms with van der Waals surface area (Å²) >= 11 is 0. The molecular formula is C9H18O3. The van der Waals surface area contributed by atoms with Gasteiger partial charge in [-0.3, -0.25) is 0 Å². The molecule has 0 radical (unpaired) electrons. The summed E-state index contributed by atoms with van der Waals surface area (Å²) in [6.07, 6.45) is 1.22. The molecule has 2 unspecified atom stereocenters. The average molecular weight is 174 g/mol. The van der Waals surface area contributed by atoms with Gasteiger partial charge in [-0.25, -0.2) is 0 Å². The normalized spacial score (nSPS) is 43.0. The lowest BCUT2D eigenvalue weighted by atomic mass is 9.74. The van der Waals surface area contributed by atoms with Crippen molar-refractivity contribution in [1.29, 1.82) is 0 Å². The van der Waals surface area contributed by atoms with Crippen LogP contribution in [0.2, 0.25) is 0 Å². The van der Waals surface area contributed by atoms with E-state index >= 15 is 0 Å². The van der Waals surface area contributed by atoms with Crippen molar-refractivity contribution in [2.75, 3.05) is 13.2 Å². The van der Waals surface area contributed by atoms with Crippen LogP contribution in [0.3, 0.4) is 0 Å². The van der Waals surface area contributed by atoms with E-state index in [2.05, 4.69) is 6.92 Å². The van der Waals surface area contributed by atoms with E-state index in [1.807, 2.05) is 0 Å². The quantitative estimate of drug-likeness (QED) is 0.552. The van der Waals surface area contributed by atoms with Gasteiger partial charge in [-0.1, -0.05) is 6.92 Å². The first-order valence-electron chi connectivity index (χ1n) is 4.58. The maximum atomic E-state index is 9.63. The highest BCUT2D eigenvalue weighted by molar-refractivity contribution is 4.83. The molecule has 0 aromatic heterocycles. The van der Waals surface area contributed by atoms with Crippen LogP contribution < -0.4 is 0 Å². The third-order valence-corrected chi connectivity index (χ3v) is 2.85. The molecule has 3 heteroatoms. The lowest BCUT2D eigenvalue weighted by Crippen LogP contribution is -2.39. The Labute approximate surface area is 73.0 Å². The summed E-state index contributed by atoms with van der Waals surface area (Å²) in [5.74, 6) is 0.430. The summed E-state index contributed by atoms with van der Waals surface area (Å²) < 4.78 is 0. The molecule has 0 aromatic carbocycles. The molecule has 3 nitrogen and oxygen atoms in total. The van der Waals surface area contributed by atoms with E-state index < -0.39 is 6.10 Å². The van der Waals surface area contributed by atoms with Gasteiger partial charge in [0.2, 0.25) is 0 Å². The van der Waals surface area contributed by atoms with Gasteiger partial charge in [-0.15, -0.1) is 0 Å². The molecule has 1 aliphatic carbocycles. The molecule has 0 saturated heterocycles. The second kappa shape index (κ2) is 4.21. The Hall–Kier alpha value is -0.120. The van der Waals surface area contributed by atoms with Gasteiger partial charge in [0.25, 0.3) is 0 Å². The first-order chi connectivity index (χ1) is 5.69. The molecule has 0 amide bonds. The SMILES string of the molecule is CC1CC(CO)C(O)C(CO)C1. The fraction of sp³-hybridized carbons (Fsp3) is 1.00. The Kier molecular flexibility index (Phi) is 3.50. The van der Waals surface area contributed by atoms with Crippen LogP contribution in [0.4, 0.5) is 0 Å². The van der Waals surface area contributed by atoms with E-state index in [1.54, 1.807) is 0 Å². The molecule has 0 spiro atoms. The first-order valence-corrected chi connectivity index (χ1v) is 4.58. The van der Waals surface area contributed by atoms with Crippen molar-refractivity contribution in [3.05, 3.63) is 0 Å². The number of hydrogen-bond donors (Lipinski definition) is 3. The Morgan fingerprint density at radius 3 is 1.83 bits per heavy atom. The number of aliphatic hydroxyl groups is 3. The fourth-order valence-corrected chi connectivity index (χ4v) is 2.16. The minimum absolute atomic E-state index is 0.0298. The van der Waals surface area contributed by atoms with Crippen LogP contribution in [0, 0.1) is 17.8 Å². The van der Waals surface area contributed by atoms with E-state index in [-0.39, 0.29) is 25.0 Å². The first kappa shape index (κ1) is 9.96. The lowest BCUT2D eigenvalue weighted by molar-refractivity contribution is -0.0412. The summed E-state index contributed by atoms with van der Waals surface area (Å²) in [6.45, 7) is 2.15. The van der Waals surface area contributed by atoms with Crippen LogP contribution in [0.25, 0.3) is 0 Å². The number of hydrogen-bond acceptors (Lipinski definition) is 3. The lowest BCUT2D eigenvalue weighted by Gasteiger charge is -2.36. The van der Waals surface area contributed by atoms with E-state index in [0.717, 1.165) is 12.8 Å². The maximum Gasteiger partial charge on any atom is 0.0640 e. The predicted molar refractivity (Wildman–Crippen MR) is 45.6 cm³/mol. The Balaban J connectivity index is 2.55. The van der Waals surface area contributed by atoms with Crippen molar-refractivity contribution >= 4 is 0 Å². The van der Waals surface area contributed by atoms with Crippen molar-refractivity contribution in [2.24, 2.45) is 17.8 Å². The van der Waals surface area contributed by atoms with Gasteiger partial charge in [0.15, 0.2) is 0 Å². The van der Waals surface area contributed by atoms with Crippen LogP contribution in [0.1, 0.15) is 19.8 Å². The minimum atomic E-state index is -0.517. The summed E-state index contributed by atoms with van der Waals surface area (Å²) in [4.78, 5) is 0. The van der Waals surface area contributed by atoms with Crippen molar-refractivity contribution in [3.63, 3.8) is 0 Å². The largest absolute Gasteiger partial charge is 0.396 e. The predicted octanol–water partition coefficient (Wildman–Crippen LogP) is -0.00580. The maximum absolute atomic E-state index is 9.63. The van der Waals surface area contributed by atoms with Gasteiger partial charge in [0, 0.05) is 25.0 Å². The molecule has 0 bridgehead atoms. The molecule has 0 aliphatic heterocycles. The minimum Gasteiger partial charge on any atom is -0.396 e. The van der Waals surface area contributed by atoms with Crippen LogP contribution in [0.15, 0.2) is 0 Å². The zero-order valence-corrected chi connectivity index (χ0v) is 7.48. The highest BCUT2D eigenvalue weighted by atomic mass is 16.3. The van der Waals surface area contributed by atoms with Crippen molar-refractivity contribution in [1.82, 2.24) is 0 Å². The summed E-state index contributed by atoms with van der Waals surface area (Å²) in [6, 6.07) is 0. The Bertz CT molecular complexity index is 124. The molecule has 12 heavy (non-hydrogen) atoms. The second-order valence-electron chi connectivity index (χ2n) is 3.95. The van der Waals surface area contributed by atoms with Crippen LogP contribution in [-0.2, 0) is 0 Å². The van der Waals surface area contributed by atoms with Gasteiger partial charge in [0.05, 0.1) is 6.10 Å². The summed E-state index contributed by atoms with van der Waals surface area (Å²) in [5.41, 5.74) is 0. The molecular weight excluding hydrogens is 156 g/mol. The van der Waals surface area contributed by atoms with Gasteiger partial charge in [-0.05, 0) is 18.8 Å². The zero-order chi connectivity index (χ0) is 9.14. The highest BCUT2D eigenvalue weighted by Gasteiger charge is 2.33. The van der Waals surface area contributed by atoms with E-state index in [1.165, 1.54) is 0 Å². The van der Waals surface area contributed by atoms with Gasteiger partial charge >= 0.3 is 0 Å². The topological polar surface area (TPSA) is 60.7 Å². The van der Waals surface area contributed by atoms with Crippen molar-refractivity contribution < 1.29 is 15.3 Å². The van der Waals surface area contributed by atoms with Crippen molar-refractivity contribution in [3.8, 4) is 0 Å². The number of rotatable bonds is 2. The van der Waals surface area contributed by atoms with Crippen molar-refractivity contribution in [2.45, 2.75) is 25.9 Å². The van der Waals surface area contributed by atoms with E-state index in [4.69, 9.17) is 10.2 Å². The van der Waals surface area contributed by atoms with Crippen LogP contribution >= 0.6 is 0 Å². The fourth-order valence-electron chi connectivity index (χ4n) is 2.16. The molecule has 1 aliphatic rings. The molecule has 2 atom stereocenters. The second-order valence-corrected chi connectivity index (χ2v) is 3.95. The number of aliphatic hydroxyl groups excluding tert-OH is 3. The Morgan fingerprint density at radius 2 is 1.50 bits per heavy atom. The third-order valence-electron chi connectivity index (χ3n) is 2.85. The standard InChI is InChI=1S/C9H18O3/c1-6-2-7(4-10)9(12)8(3-6)5-11/h6-12H,2-5H2,1H3. The summed E-state index contributed by atoms with van der Waals surface area (Å²) in [7, 11) is 0. The smallest absolute Gasteiger partial charge is 0.0640 e. The van der Waals surface area contributed by atoms with Gasteiger partial charge < -0.3 is 15.3 Å². The molecule has 1 rings (SSSR count). The summed E-state index contributed by atoms with van der Waals surface area (Å²) in [5, 5.41) is 27.5. The molecule has 1 fully saturated rings. The van der Waals surface area contributed by atoms with Gasteiger partial charge in [0.1, 0.15) is 0 Å². The monoisotopic (exact) mass is 174 g/mol. The molecule has 1 saturated carbocycles. The zero-order valence-electron chi connectivity index (χ0n) is 7.48. The van der Waals surface area contributed by atoms with Crippen LogP contribution in [-0.4, -0.2) is 34.6 Å². The van der Waals surface area contributed by atoms with Gasteiger partial charge in [-0.2, -0.15) is 0 Å². The average Bonchev–Trinajstić information content (AvgIpc) is 2.08. The van der Waals surface area contributed by atoms with E-state index in [9.17, 15) is 5.11 Å². The Morgan fingerprint density at radius 1 is 1.08 bits per heavy atom. The molecule has 0 heterocycles. The van der Waals surface area contributed by atoms with E-state index in [0.29, 0.717) is 5.92 Å².